The molecule has 80 valence electrons. The van der Waals surface area contributed by atoms with Crippen molar-refractivity contribution in [3.05, 3.63) is 0 Å². The third kappa shape index (κ3) is 6.05. The second-order valence-corrected chi connectivity index (χ2v) is 3.50. The van der Waals surface area contributed by atoms with Crippen molar-refractivity contribution in [2.75, 3.05) is 13.2 Å². The monoisotopic (exact) mass is 187 g/mol. The lowest BCUT2D eigenvalue weighted by molar-refractivity contribution is 0.0367. The first-order valence-corrected chi connectivity index (χ1v) is 5.61. The fraction of sp³-hybridized carbons (Fsp3) is 1.00. The lowest BCUT2D eigenvalue weighted by Crippen LogP contribution is -2.39. The fourth-order valence-electron chi connectivity index (χ4n) is 1.43. The average Bonchev–Trinajstić information content (AvgIpc) is 2.14. The molecule has 0 aromatic rings. The molecule has 0 amide bonds. The summed E-state index contributed by atoms with van der Waals surface area (Å²) in [6.45, 7) is 10.6. The minimum atomic E-state index is 0.344. The molecule has 0 rings (SSSR count). The van der Waals surface area contributed by atoms with Crippen molar-refractivity contribution in [2.45, 2.75) is 59.1 Å². The summed E-state index contributed by atoms with van der Waals surface area (Å²) in [7, 11) is 0. The first-order chi connectivity index (χ1) is 6.26. The predicted molar refractivity (Wildman–Crippen MR) is 58.1 cm³/mol. The van der Waals surface area contributed by atoms with Crippen LogP contribution in [0.3, 0.4) is 0 Å². The number of ether oxygens (including phenoxy) is 1. The van der Waals surface area contributed by atoms with Crippen LogP contribution in [-0.4, -0.2) is 25.3 Å². The van der Waals surface area contributed by atoms with E-state index in [1.54, 1.807) is 0 Å². The highest BCUT2D eigenvalue weighted by molar-refractivity contribution is 4.71. The first-order valence-electron chi connectivity index (χ1n) is 5.61. The molecule has 0 aromatic carbocycles. The van der Waals surface area contributed by atoms with Gasteiger partial charge in [0.05, 0.1) is 6.10 Å². The summed E-state index contributed by atoms with van der Waals surface area (Å²) in [5, 5.41) is 3.43. The Balaban J connectivity index is 3.57. The molecule has 2 nitrogen and oxygen atoms in total. The van der Waals surface area contributed by atoms with Gasteiger partial charge in [-0.15, -0.1) is 0 Å². The highest BCUT2D eigenvalue weighted by Crippen LogP contribution is 2.04. The molecule has 0 heterocycles. The predicted octanol–water partition coefficient (Wildman–Crippen LogP) is 2.58. The lowest BCUT2D eigenvalue weighted by Gasteiger charge is -2.23. The maximum Gasteiger partial charge on any atom is 0.0699 e. The Kier molecular flexibility index (Phi) is 8.46. The van der Waals surface area contributed by atoms with Gasteiger partial charge < -0.3 is 10.1 Å². The van der Waals surface area contributed by atoms with Crippen LogP contribution in [0.15, 0.2) is 0 Å². The van der Waals surface area contributed by atoms with E-state index in [0.717, 1.165) is 19.6 Å². The Morgan fingerprint density at radius 2 is 1.92 bits per heavy atom. The van der Waals surface area contributed by atoms with Gasteiger partial charge in [0.25, 0.3) is 0 Å². The summed E-state index contributed by atoms with van der Waals surface area (Å²) in [6, 6.07) is 0.516. The van der Waals surface area contributed by atoms with Gasteiger partial charge in [-0.1, -0.05) is 27.2 Å². The Labute approximate surface area is 83.1 Å². The quantitative estimate of drug-likeness (QED) is 0.590. The van der Waals surface area contributed by atoms with Crippen molar-refractivity contribution < 1.29 is 4.74 Å². The smallest absolute Gasteiger partial charge is 0.0699 e. The summed E-state index contributed by atoms with van der Waals surface area (Å²) in [4.78, 5) is 0. The molecule has 0 aliphatic heterocycles. The van der Waals surface area contributed by atoms with Gasteiger partial charge in [0.15, 0.2) is 0 Å². The van der Waals surface area contributed by atoms with Gasteiger partial charge in [0.2, 0.25) is 0 Å². The summed E-state index contributed by atoms with van der Waals surface area (Å²) in [6.07, 6.45) is 3.87. The first kappa shape index (κ1) is 12.9. The van der Waals surface area contributed by atoms with Crippen LogP contribution in [0.1, 0.15) is 47.0 Å². The maximum atomic E-state index is 5.73. The van der Waals surface area contributed by atoms with Crippen molar-refractivity contribution in [1.82, 2.24) is 5.32 Å². The third-order valence-corrected chi connectivity index (χ3v) is 2.35. The van der Waals surface area contributed by atoms with Gasteiger partial charge in [0, 0.05) is 12.6 Å². The second kappa shape index (κ2) is 8.52. The van der Waals surface area contributed by atoms with Gasteiger partial charge in [0.1, 0.15) is 0 Å². The highest BCUT2D eigenvalue weighted by atomic mass is 16.5. The fourth-order valence-corrected chi connectivity index (χ4v) is 1.43. The van der Waals surface area contributed by atoms with Crippen LogP contribution in [0.25, 0.3) is 0 Å². The summed E-state index contributed by atoms with van der Waals surface area (Å²) in [5.41, 5.74) is 0. The molecule has 0 saturated carbocycles. The number of likely N-dealkylation sites (N-methyl/N-ethyl adjacent to an activating group) is 1. The number of rotatable bonds is 8. The van der Waals surface area contributed by atoms with Crippen molar-refractivity contribution in [1.29, 1.82) is 0 Å². The lowest BCUT2D eigenvalue weighted by atomic mass is 10.1. The summed E-state index contributed by atoms with van der Waals surface area (Å²) >= 11 is 0. The van der Waals surface area contributed by atoms with Crippen LogP contribution in [0.2, 0.25) is 0 Å². The molecular formula is C11H25NO. The van der Waals surface area contributed by atoms with Gasteiger partial charge in [-0.25, -0.2) is 0 Å². The van der Waals surface area contributed by atoms with Crippen LogP contribution >= 0.6 is 0 Å². The number of hydrogen-bond donors (Lipinski definition) is 1. The molecule has 13 heavy (non-hydrogen) atoms. The van der Waals surface area contributed by atoms with Gasteiger partial charge in [-0.2, -0.15) is 0 Å². The largest absolute Gasteiger partial charge is 0.377 e. The van der Waals surface area contributed by atoms with Crippen molar-refractivity contribution in [2.24, 2.45) is 0 Å². The van der Waals surface area contributed by atoms with E-state index in [1.807, 2.05) is 0 Å². The molecule has 0 saturated heterocycles. The standard InChI is InChI=1S/C11H25NO/c1-5-8-9-13-10(4)11(6-2)12-7-3/h10-12H,5-9H2,1-4H3. The molecule has 0 aliphatic rings. The molecule has 0 spiro atoms. The normalized spacial score (nSPS) is 15.7. The molecule has 2 heteroatoms. The highest BCUT2D eigenvalue weighted by Gasteiger charge is 2.13. The van der Waals surface area contributed by atoms with Crippen molar-refractivity contribution in [3.8, 4) is 0 Å². The van der Waals surface area contributed by atoms with Crippen LogP contribution < -0.4 is 5.32 Å². The molecule has 1 N–H and O–H groups in total. The van der Waals surface area contributed by atoms with Gasteiger partial charge in [-0.3, -0.25) is 0 Å². The SMILES string of the molecule is CCCCOC(C)C(CC)NCC. The van der Waals surface area contributed by atoms with E-state index in [0.29, 0.717) is 12.1 Å². The van der Waals surface area contributed by atoms with Crippen molar-refractivity contribution >= 4 is 0 Å². The Morgan fingerprint density at radius 3 is 2.38 bits per heavy atom. The summed E-state index contributed by atoms with van der Waals surface area (Å²) in [5.74, 6) is 0. The topological polar surface area (TPSA) is 21.3 Å². The number of nitrogens with one attached hydrogen (secondary N) is 1. The van der Waals surface area contributed by atoms with E-state index in [2.05, 4.69) is 33.0 Å². The Morgan fingerprint density at radius 1 is 1.23 bits per heavy atom. The van der Waals surface area contributed by atoms with E-state index in [4.69, 9.17) is 4.74 Å². The molecule has 2 unspecified atom stereocenters. The van der Waals surface area contributed by atoms with E-state index >= 15 is 0 Å². The molecule has 0 fully saturated rings. The molecule has 0 aromatic heterocycles. The Hall–Kier alpha value is -0.0800. The zero-order chi connectivity index (χ0) is 10.1. The van der Waals surface area contributed by atoms with Crippen LogP contribution in [-0.2, 0) is 4.74 Å². The van der Waals surface area contributed by atoms with Crippen molar-refractivity contribution in [3.63, 3.8) is 0 Å². The molecule has 0 radical (unpaired) electrons. The minimum Gasteiger partial charge on any atom is -0.377 e. The Bertz CT molecular complexity index is 106. The zero-order valence-electron chi connectivity index (χ0n) is 9.60. The third-order valence-electron chi connectivity index (χ3n) is 2.35. The van der Waals surface area contributed by atoms with Crippen LogP contribution in [0, 0.1) is 0 Å². The molecular weight excluding hydrogens is 162 g/mol. The van der Waals surface area contributed by atoms with Gasteiger partial charge in [-0.05, 0) is 26.3 Å². The van der Waals surface area contributed by atoms with Crippen LogP contribution in [0.5, 0.6) is 0 Å². The van der Waals surface area contributed by atoms with Crippen LogP contribution in [0.4, 0.5) is 0 Å². The molecule has 2 atom stereocenters. The molecule has 0 aliphatic carbocycles. The van der Waals surface area contributed by atoms with E-state index in [9.17, 15) is 0 Å². The minimum absolute atomic E-state index is 0.344. The van der Waals surface area contributed by atoms with E-state index in [-0.39, 0.29) is 0 Å². The zero-order valence-corrected chi connectivity index (χ0v) is 9.60. The summed E-state index contributed by atoms with van der Waals surface area (Å²) < 4.78 is 5.73. The second-order valence-electron chi connectivity index (χ2n) is 3.50. The molecule has 0 bridgehead atoms. The van der Waals surface area contributed by atoms with E-state index < -0.39 is 0 Å². The van der Waals surface area contributed by atoms with Gasteiger partial charge >= 0.3 is 0 Å². The number of hydrogen-bond acceptors (Lipinski definition) is 2. The average molecular weight is 187 g/mol. The maximum absolute atomic E-state index is 5.73. The number of unbranched alkanes of at least 4 members (excludes halogenated alkanes) is 1. The van der Waals surface area contributed by atoms with E-state index in [1.165, 1.54) is 12.8 Å².